The first kappa shape index (κ1) is 16.3. The zero-order chi connectivity index (χ0) is 17.6. The molecule has 0 saturated heterocycles. The summed E-state index contributed by atoms with van der Waals surface area (Å²) in [5.41, 5.74) is 8.40. The van der Waals surface area contributed by atoms with E-state index in [1.807, 2.05) is 0 Å². The van der Waals surface area contributed by atoms with Gasteiger partial charge in [-0.05, 0) is 73.7 Å². The summed E-state index contributed by atoms with van der Waals surface area (Å²) in [5.74, 6) is 0.756. The fourth-order valence-electron chi connectivity index (χ4n) is 4.38. The standard InChI is InChI=1S/C24H28N/c1-16-9-10-20-15-25(4)24(14-21(20)11-16)23-13-22(12-17(2)18(23)3)19-7-5-6-8-19/h9-15,19H,5-8H2,1-4H3/q+1. The summed E-state index contributed by atoms with van der Waals surface area (Å²) in [7, 11) is 2.17. The van der Waals surface area contributed by atoms with Crippen molar-refractivity contribution in [2.75, 3.05) is 0 Å². The highest BCUT2D eigenvalue weighted by molar-refractivity contribution is 5.85. The van der Waals surface area contributed by atoms with E-state index in [1.54, 1.807) is 5.56 Å². The van der Waals surface area contributed by atoms with Gasteiger partial charge < -0.3 is 0 Å². The lowest BCUT2D eigenvalue weighted by Crippen LogP contribution is -2.30. The van der Waals surface area contributed by atoms with Gasteiger partial charge >= 0.3 is 0 Å². The fraction of sp³-hybridized carbons (Fsp3) is 0.375. The Morgan fingerprint density at radius 3 is 2.40 bits per heavy atom. The maximum absolute atomic E-state index is 2.47. The van der Waals surface area contributed by atoms with Crippen LogP contribution in [-0.4, -0.2) is 0 Å². The summed E-state index contributed by atoms with van der Waals surface area (Å²) in [6.07, 6.45) is 7.74. The Kier molecular flexibility index (Phi) is 4.11. The second kappa shape index (κ2) is 6.29. The van der Waals surface area contributed by atoms with E-state index < -0.39 is 0 Å². The van der Waals surface area contributed by atoms with Crippen molar-refractivity contribution in [1.82, 2.24) is 0 Å². The number of fused-ring (bicyclic) bond motifs is 1. The molecule has 1 saturated carbocycles. The Labute approximate surface area is 151 Å². The number of hydrogen-bond donors (Lipinski definition) is 0. The van der Waals surface area contributed by atoms with Crippen LogP contribution in [0.1, 0.15) is 53.9 Å². The van der Waals surface area contributed by atoms with E-state index in [2.05, 4.69) is 75.0 Å². The number of aryl methyl sites for hydroxylation is 3. The molecule has 1 heterocycles. The topological polar surface area (TPSA) is 3.88 Å². The molecule has 4 rings (SSSR count). The zero-order valence-corrected chi connectivity index (χ0v) is 15.9. The van der Waals surface area contributed by atoms with Crippen LogP contribution in [0.2, 0.25) is 0 Å². The van der Waals surface area contributed by atoms with E-state index in [1.165, 1.54) is 64.4 Å². The number of benzene rings is 2. The predicted octanol–water partition coefficient (Wildman–Crippen LogP) is 5.91. The van der Waals surface area contributed by atoms with Crippen LogP contribution in [-0.2, 0) is 7.05 Å². The normalized spacial score (nSPS) is 15.2. The highest BCUT2D eigenvalue weighted by atomic mass is 14.9. The number of aromatic nitrogens is 1. The van der Waals surface area contributed by atoms with Gasteiger partial charge in [-0.1, -0.05) is 36.6 Å². The summed E-state index contributed by atoms with van der Waals surface area (Å²) in [5, 5.41) is 2.63. The maximum Gasteiger partial charge on any atom is 0.213 e. The molecule has 3 aromatic rings. The first-order valence-corrected chi connectivity index (χ1v) is 9.54. The molecule has 0 amide bonds. The average Bonchev–Trinajstić information content (AvgIpc) is 3.12. The average molecular weight is 330 g/mol. The second-order valence-electron chi connectivity index (χ2n) is 7.89. The third kappa shape index (κ3) is 2.97. The van der Waals surface area contributed by atoms with E-state index >= 15 is 0 Å². The number of nitrogens with zero attached hydrogens (tertiary/aromatic N) is 1. The van der Waals surface area contributed by atoms with Gasteiger partial charge in [-0.3, -0.25) is 0 Å². The Balaban J connectivity index is 1.91. The molecule has 0 aliphatic heterocycles. The number of pyridine rings is 1. The van der Waals surface area contributed by atoms with Crippen molar-refractivity contribution in [3.8, 4) is 11.3 Å². The summed E-state index contributed by atoms with van der Waals surface area (Å²) >= 11 is 0. The van der Waals surface area contributed by atoms with Crippen molar-refractivity contribution in [2.24, 2.45) is 7.05 Å². The van der Waals surface area contributed by atoms with Gasteiger partial charge in [-0.25, -0.2) is 4.57 Å². The molecule has 1 heteroatoms. The van der Waals surface area contributed by atoms with E-state index in [-0.39, 0.29) is 0 Å². The van der Waals surface area contributed by atoms with Crippen LogP contribution in [0, 0.1) is 20.8 Å². The van der Waals surface area contributed by atoms with E-state index in [9.17, 15) is 0 Å². The first-order chi connectivity index (χ1) is 12.0. The minimum atomic E-state index is 0.756. The number of rotatable bonds is 2. The van der Waals surface area contributed by atoms with E-state index in [0.29, 0.717) is 0 Å². The van der Waals surface area contributed by atoms with E-state index in [0.717, 1.165) is 5.92 Å². The molecule has 1 aliphatic carbocycles. The maximum atomic E-state index is 2.47. The lowest BCUT2D eigenvalue weighted by molar-refractivity contribution is -0.659. The minimum absolute atomic E-state index is 0.756. The Morgan fingerprint density at radius 2 is 1.64 bits per heavy atom. The Bertz CT molecular complexity index is 946. The highest BCUT2D eigenvalue weighted by Crippen LogP contribution is 2.37. The van der Waals surface area contributed by atoms with Gasteiger partial charge in [-0.15, -0.1) is 0 Å². The summed E-state index contributed by atoms with van der Waals surface area (Å²) in [6, 6.07) is 14.0. The van der Waals surface area contributed by atoms with E-state index in [4.69, 9.17) is 0 Å². The summed E-state index contributed by atoms with van der Waals surface area (Å²) in [4.78, 5) is 0. The minimum Gasteiger partial charge on any atom is -0.200 e. The summed E-state index contributed by atoms with van der Waals surface area (Å²) < 4.78 is 2.29. The SMILES string of the molecule is Cc1ccc2c[n+](C)c(-c3cc(C4CCCC4)cc(C)c3C)cc2c1. The van der Waals surface area contributed by atoms with Crippen molar-refractivity contribution in [2.45, 2.75) is 52.4 Å². The molecule has 128 valence electrons. The van der Waals surface area contributed by atoms with Crippen molar-refractivity contribution in [3.05, 3.63) is 64.8 Å². The molecule has 0 radical (unpaired) electrons. The van der Waals surface area contributed by atoms with Crippen LogP contribution in [0.3, 0.4) is 0 Å². The molecular formula is C24H28N+. The van der Waals surface area contributed by atoms with Crippen LogP contribution >= 0.6 is 0 Å². The lowest BCUT2D eigenvalue weighted by atomic mass is 9.89. The largest absolute Gasteiger partial charge is 0.213 e. The quantitative estimate of drug-likeness (QED) is 0.514. The molecular weight excluding hydrogens is 302 g/mol. The van der Waals surface area contributed by atoms with Gasteiger partial charge in [0.2, 0.25) is 5.69 Å². The smallest absolute Gasteiger partial charge is 0.200 e. The Hall–Kier alpha value is -2.15. The third-order valence-corrected chi connectivity index (χ3v) is 6.04. The molecule has 1 aliphatic rings. The fourth-order valence-corrected chi connectivity index (χ4v) is 4.38. The highest BCUT2D eigenvalue weighted by Gasteiger charge is 2.21. The molecule has 0 N–H and O–H groups in total. The molecule has 1 nitrogen and oxygen atoms in total. The van der Waals surface area contributed by atoms with Gasteiger partial charge in [-0.2, -0.15) is 0 Å². The monoisotopic (exact) mass is 330 g/mol. The molecule has 1 fully saturated rings. The van der Waals surface area contributed by atoms with Crippen LogP contribution in [0.5, 0.6) is 0 Å². The van der Waals surface area contributed by atoms with Gasteiger partial charge in [0.1, 0.15) is 7.05 Å². The molecule has 0 atom stereocenters. The molecule has 0 spiro atoms. The van der Waals surface area contributed by atoms with Crippen molar-refractivity contribution < 1.29 is 4.57 Å². The lowest BCUT2D eigenvalue weighted by Gasteiger charge is -2.15. The van der Waals surface area contributed by atoms with Gasteiger partial charge in [0.15, 0.2) is 6.20 Å². The second-order valence-corrected chi connectivity index (χ2v) is 7.89. The molecule has 25 heavy (non-hydrogen) atoms. The van der Waals surface area contributed by atoms with Crippen molar-refractivity contribution >= 4 is 10.8 Å². The molecule has 2 aromatic carbocycles. The van der Waals surface area contributed by atoms with Crippen LogP contribution in [0.25, 0.3) is 22.0 Å². The van der Waals surface area contributed by atoms with Gasteiger partial charge in [0, 0.05) is 17.0 Å². The Morgan fingerprint density at radius 1 is 0.880 bits per heavy atom. The zero-order valence-electron chi connectivity index (χ0n) is 15.9. The van der Waals surface area contributed by atoms with Crippen molar-refractivity contribution in [3.63, 3.8) is 0 Å². The van der Waals surface area contributed by atoms with Gasteiger partial charge in [0.05, 0.1) is 0 Å². The van der Waals surface area contributed by atoms with Crippen LogP contribution in [0.4, 0.5) is 0 Å². The molecule has 1 aromatic heterocycles. The first-order valence-electron chi connectivity index (χ1n) is 9.54. The molecule has 0 bridgehead atoms. The third-order valence-electron chi connectivity index (χ3n) is 6.04. The predicted molar refractivity (Wildman–Crippen MR) is 106 cm³/mol. The summed E-state index contributed by atoms with van der Waals surface area (Å²) in [6.45, 7) is 6.70. The van der Waals surface area contributed by atoms with Gasteiger partial charge in [0.25, 0.3) is 0 Å². The van der Waals surface area contributed by atoms with Crippen LogP contribution < -0.4 is 4.57 Å². The number of hydrogen-bond acceptors (Lipinski definition) is 0. The van der Waals surface area contributed by atoms with Crippen molar-refractivity contribution in [1.29, 1.82) is 0 Å². The molecule has 0 unspecified atom stereocenters. The van der Waals surface area contributed by atoms with Crippen LogP contribution in [0.15, 0.2) is 42.6 Å².